The number of aliphatic hydroxyl groups is 1. The molecule has 2 aromatic rings. The van der Waals surface area contributed by atoms with Crippen molar-refractivity contribution < 1.29 is 14.4 Å². The standard InChI is InChI=1S/C13H15N3O4/c1-13(2)10(6-11(13)17)15-12-14-8-4-3-7(16(18)19)5-9(8)20-12/h3-5,10-11,17H,6H2,1-2H3,(H,14,15). The summed E-state index contributed by atoms with van der Waals surface area (Å²) in [5.74, 6) is 0. The Kier molecular flexibility index (Phi) is 2.68. The molecule has 106 valence electrons. The van der Waals surface area contributed by atoms with E-state index < -0.39 is 4.92 Å². The SMILES string of the molecule is CC1(C)C(O)CC1Nc1nc2ccc([N+](=O)[O-])cc2o1. The summed E-state index contributed by atoms with van der Waals surface area (Å²) in [4.78, 5) is 14.5. The Morgan fingerprint density at radius 2 is 2.30 bits per heavy atom. The van der Waals surface area contributed by atoms with E-state index in [1.165, 1.54) is 12.1 Å². The van der Waals surface area contributed by atoms with Crippen LogP contribution in [0.15, 0.2) is 22.6 Å². The van der Waals surface area contributed by atoms with E-state index in [1.807, 2.05) is 13.8 Å². The fourth-order valence-electron chi connectivity index (χ4n) is 2.39. The summed E-state index contributed by atoms with van der Waals surface area (Å²) in [6.07, 6.45) is 0.289. The Bertz CT molecular complexity index is 679. The normalized spacial score (nSPS) is 24.4. The second-order valence-corrected chi connectivity index (χ2v) is 5.70. The molecule has 7 nitrogen and oxygen atoms in total. The van der Waals surface area contributed by atoms with E-state index >= 15 is 0 Å². The number of rotatable bonds is 3. The summed E-state index contributed by atoms with van der Waals surface area (Å²) in [5, 5.41) is 23.5. The number of non-ortho nitro benzene ring substituents is 1. The van der Waals surface area contributed by atoms with Crippen molar-refractivity contribution in [2.45, 2.75) is 32.4 Å². The van der Waals surface area contributed by atoms with Gasteiger partial charge in [0.05, 0.1) is 17.1 Å². The molecule has 1 aliphatic carbocycles. The van der Waals surface area contributed by atoms with Crippen LogP contribution in [0, 0.1) is 15.5 Å². The van der Waals surface area contributed by atoms with Gasteiger partial charge < -0.3 is 14.8 Å². The van der Waals surface area contributed by atoms with Crippen LogP contribution < -0.4 is 5.32 Å². The smallest absolute Gasteiger partial charge is 0.295 e. The summed E-state index contributed by atoms with van der Waals surface area (Å²) in [5.41, 5.74) is 0.668. The van der Waals surface area contributed by atoms with Crippen molar-refractivity contribution in [3.8, 4) is 0 Å². The molecule has 1 fully saturated rings. The molecule has 0 saturated heterocycles. The molecule has 1 aromatic heterocycles. The maximum Gasteiger partial charge on any atom is 0.295 e. The largest absolute Gasteiger partial charge is 0.423 e. The highest BCUT2D eigenvalue weighted by Gasteiger charge is 2.47. The number of hydrogen-bond acceptors (Lipinski definition) is 6. The van der Waals surface area contributed by atoms with Crippen LogP contribution in [0.1, 0.15) is 20.3 Å². The van der Waals surface area contributed by atoms with Crippen molar-refractivity contribution in [2.24, 2.45) is 5.41 Å². The number of nitro benzene ring substituents is 1. The lowest BCUT2D eigenvalue weighted by molar-refractivity contribution is -0.384. The Morgan fingerprint density at radius 3 is 2.90 bits per heavy atom. The van der Waals surface area contributed by atoms with Crippen molar-refractivity contribution in [1.82, 2.24) is 4.98 Å². The first-order valence-electron chi connectivity index (χ1n) is 6.37. The third-order valence-corrected chi connectivity index (χ3v) is 4.10. The van der Waals surface area contributed by atoms with E-state index in [9.17, 15) is 15.2 Å². The number of benzene rings is 1. The van der Waals surface area contributed by atoms with E-state index in [1.54, 1.807) is 6.07 Å². The van der Waals surface area contributed by atoms with Crippen LogP contribution in [0.25, 0.3) is 11.1 Å². The summed E-state index contributed by atoms with van der Waals surface area (Å²) in [6, 6.07) is 4.70. The first-order valence-corrected chi connectivity index (χ1v) is 6.37. The van der Waals surface area contributed by atoms with Gasteiger partial charge in [0.25, 0.3) is 11.7 Å². The van der Waals surface area contributed by atoms with Gasteiger partial charge in [-0.25, -0.2) is 0 Å². The van der Waals surface area contributed by atoms with Gasteiger partial charge in [0.1, 0.15) is 5.52 Å². The number of hydrogen-bond donors (Lipinski definition) is 2. The molecule has 2 atom stereocenters. The van der Waals surface area contributed by atoms with Crippen LogP contribution in [0.2, 0.25) is 0 Å². The van der Waals surface area contributed by atoms with Crippen molar-refractivity contribution in [3.63, 3.8) is 0 Å². The Labute approximate surface area is 114 Å². The lowest BCUT2D eigenvalue weighted by Gasteiger charge is -2.49. The summed E-state index contributed by atoms with van der Waals surface area (Å²) >= 11 is 0. The van der Waals surface area contributed by atoms with Gasteiger partial charge in [-0.2, -0.15) is 4.98 Å². The molecule has 1 aromatic carbocycles. The van der Waals surface area contributed by atoms with Gasteiger partial charge in [-0.05, 0) is 12.5 Å². The van der Waals surface area contributed by atoms with Crippen molar-refractivity contribution in [2.75, 3.05) is 5.32 Å². The third-order valence-electron chi connectivity index (χ3n) is 4.10. The molecule has 2 unspecified atom stereocenters. The van der Waals surface area contributed by atoms with E-state index in [0.717, 1.165) is 0 Å². The van der Waals surface area contributed by atoms with Crippen molar-refractivity contribution in [3.05, 3.63) is 28.3 Å². The number of anilines is 1. The molecule has 3 rings (SSSR count). The van der Waals surface area contributed by atoms with Crippen LogP contribution in [0.5, 0.6) is 0 Å². The zero-order valence-corrected chi connectivity index (χ0v) is 11.2. The third kappa shape index (κ3) is 1.90. The van der Waals surface area contributed by atoms with Crippen LogP contribution in [0.4, 0.5) is 11.7 Å². The van der Waals surface area contributed by atoms with Crippen LogP contribution in [0.3, 0.4) is 0 Å². The summed E-state index contributed by atoms with van der Waals surface area (Å²) in [7, 11) is 0. The van der Waals surface area contributed by atoms with E-state index in [4.69, 9.17) is 4.42 Å². The Morgan fingerprint density at radius 1 is 1.55 bits per heavy atom. The average Bonchev–Trinajstić information content (AvgIpc) is 2.79. The number of nitro groups is 1. The molecule has 0 spiro atoms. The molecule has 7 heteroatoms. The number of aliphatic hydroxyl groups excluding tert-OH is 1. The first kappa shape index (κ1) is 12.9. The van der Waals surface area contributed by atoms with Gasteiger partial charge in [-0.15, -0.1) is 0 Å². The van der Waals surface area contributed by atoms with E-state index in [0.29, 0.717) is 23.5 Å². The van der Waals surface area contributed by atoms with Crippen LogP contribution in [-0.4, -0.2) is 27.2 Å². The Hall–Kier alpha value is -2.15. The average molecular weight is 277 g/mol. The van der Waals surface area contributed by atoms with E-state index in [2.05, 4.69) is 10.3 Å². The minimum absolute atomic E-state index is 0.0282. The highest BCUT2D eigenvalue weighted by Crippen LogP contribution is 2.42. The zero-order chi connectivity index (χ0) is 14.5. The molecule has 0 aliphatic heterocycles. The molecular weight excluding hydrogens is 262 g/mol. The predicted octanol–water partition coefficient (Wildman–Crippen LogP) is 2.31. The van der Waals surface area contributed by atoms with Crippen LogP contribution >= 0.6 is 0 Å². The minimum atomic E-state index is -0.472. The fourth-order valence-corrected chi connectivity index (χ4v) is 2.39. The zero-order valence-electron chi connectivity index (χ0n) is 11.2. The first-order chi connectivity index (χ1) is 9.38. The maximum atomic E-state index is 10.7. The predicted molar refractivity (Wildman–Crippen MR) is 72.5 cm³/mol. The van der Waals surface area contributed by atoms with E-state index in [-0.39, 0.29) is 23.2 Å². The summed E-state index contributed by atoms with van der Waals surface area (Å²) < 4.78 is 5.49. The number of aromatic nitrogens is 1. The molecule has 2 N–H and O–H groups in total. The minimum Gasteiger partial charge on any atom is -0.423 e. The van der Waals surface area contributed by atoms with Crippen LogP contribution in [-0.2, 0) is 0 Å². The van der Waals surface area contributed by atoms with Gasteiger partial charge in [-0.3, -0.25) is 10.1 Å². The number of nitrogens with zero attached hydrogens (tertiary/aromatic N) is 2. The van der Waals surface area contributed by atoms with Gasteiger partial charge in [0.2, 0.25) is 0 Å². The lowest BCUT2D eigenvalue weighted by Crippen LogP contribution is -2.56. The monoisotopic (exact) mass is 277 g/mol. The Balaban J connectivity index is 1.85. The quantitative estimate of drug-likeness (QED) is 0.659. The van der Waals surface area contributed by atoms with Gasteiger partial charge in [0, 0.05) is 17.5 Å². The van der Waals surface area contributed by atoms with Crippen molar-refractivity contribution >= 4 is 22.8 Å². The number of nitrogens with one attached hydrogen (secondary N) is 1. The molecular formula is C13H15N3O4. The highest BCUT2D eigenvalue weighted by atomic mass is 16.6. The summed E-state index contributed by atoms with van der Waals surface area (Å²) in [6.45, 7) is 3.93. The topological polar surface area (TPSA) is 101 Å². The number of fused-ring (bicyclic) bond motifs is 1. The van der Waals surface area contributed by atoms with Gasteiger partial charge >= 0.3 is 0 Å². The molecule has 0 radical (unpaired) electrons. The van der Waals surface area contributed by atoms with Gasteiger partial charge in [-0.1, -0.05) is 13.8 Å². The molecule has 20 heavy (non-hydrogen) atoms. The molecule has 1 saturated carbocycles. The molecule has 1 aliphatic rings. The van der Waals surface area contributed by atoms with Gasteiger partial charge in [0.15, 0.2) is 5.58 Å². The number of oxazole rings is 1. The fraction of sp³-hybridized carbons (Fsp3) is 0.462. The lowest BCUT2D eigenvalue weighted by atomic mass is 9.65. The van der Waals surface area contributed by atoms with Crippen molar-refractivity contribution in [1.29, 1.82) is 0 Å². The maximum absolute atomic E-state index is 10.7. The molecule has 0 bridgehead atoms. The molecule has 1 heterocycles. The second-order valence-electron chi connectivity index (χ2n) is 5.70. The second kappa shape index (κ2) is 4.17. The highest BCUT2D eigenvalue weighted by molar-refractivity contribution is 5.77. The molecule has 0 amide bonds.